The van der Waals surface area contributed by atoms with Crippen LogP contribution in [-0.2, 0) is 17.8 Å². The van der Waals surface area contributed by atoms with Gasteiger partial charge in [-0.2, -0.15) is 0 Å². The van der Waals surface area contributed by atoms with Crippen molar-refractivity contribution in [2.75, 3.05) is 7.05 Å². The number of hydrogen-bond donors (Lipinski definition) is 3. The summed E-state index contributed by atoms with van der Waals surface area (Å²) in [6, 6.07) is 6.37. The van der Waals surface area contributed by atoms with Crippen molar-refractivity contribution >= 4 is 5.97 Å². The lowest BCUT2D eigenvalue weighted by Crippen LogP contribution is -2.14. The minimum atomic E-state index is -0.780. The van der Waals surface area contributed by atoms with Gasteiger partial charge in [0.1, 0.15) is 5.82 Å². The molecule has 1 aliphatic carbocycles. The maximum atomic E-state index is 11.5. The van der Waals surface area contributed by atoms with Gasteiger partial charge in [0.25, 0.3) is 0 Å². The zero-order valence-electron chi connectivity index (χ0n) is 19.5. The van der Waals surface area contributed by atoms with Crippen molar-refractivity contribution in [2.24, 2.45) is 11.7 Å². The van der Waals surface area contributed by atoms with E-state index in [-0.39, 0.29) is 12.3 Å². The molecule has 6 heteroatoms. The number of benzene rings is 1. The number of rotatable bonds is 11. The van der Waals surface area contributed by atoms with Gasteiger partial charge < -0.3 is 20.7 Å². The number of nitrogens with two attached hydrogens (primary N) is 1. The van der Waals surface area contributed by atoms with Crippen LogP contribution in [0.15, 0.2) is 42.5 Å². The molecule has 0 aliphatic heterocycles. The smallest absolute Gasteiger partial charge is 0.303 e. The SMILES string of the molecule is CN/C=C(\N)CCC(CC(=O)O)c1ccc(C)c(Cn2ccnc2CC2CCCCC2)c1. The first-order valence-corrected chi connectivity index (χ1v) is 11.9. The second kappa shape index (κ2) is 11.7. The Balaban J connectivity index is 1.76. The lowest BCUT2D eigenvalue weighted by Gasteiger charge is -2.22. The molecule has 2 aromatic rings. The molecule has 174 valence electrons. The van der Waals surface area contributed by atoms with Crippen molar-refractivity contribution in [1.82, 2.24) is 14.9 Å². The van der Waals surface area contributed by atoms with E-state index in [9.17, 15) is 9.90 Å². The first-order chi connectivity index (χ1) is 15.5. The van der Waals surface area contributed by atoms with E-state index in [4.69, 9.17) is 5.73 Å². The molecule has 0 bridgehead atoms. The average Bonchev–Trinajstić information content (AvgIpc) is 3.20. The summed E-state index contributed by atoms with van der Waals surface area (Å²) in [5, 5.41) is 12.4. The van der Waals surface area contributed by atoms with Gasteiger partial charge in [0.15, 0.2) is 0 Å². The normalized spacial score (nSPS) is 16.1. The van der Waals surface area contributed by atoms with Crippen LogP contribution in [0.25, 0.3) is 0 Å². The van der Waals surface area contributed by atoms with Gasteiger partial charge in [0.2, 0.25) is 0 Å². The van der Waals surface area contributed by atoms with Crippen LogP contribution in [0.1, 0.15) is 79.8 Å². The van der Waals surface area contributed by atoms with Gasteiger partial charge >= 0.3 is 5.97 Å². The van der Waals surface area contributed by atoms with E-state index in [1.54, 1.807) is 6.20 Å². The molecule has 0 amide bonds. The number of aryl methyl sites for hydroxylation is 1. The molecule has 0 radical (unpaired) electrons. The molecule has 6 nitrogen and oxygen atoms in total. The van der Waals surface area contributed by atoms with Crippen molar-refractivity contribution in [2.45, 2.75) is 77.2 Å². The second-order valence-electron chi connectivity index (χ2n) is 9.21. The van der Waals surface area contributed by atoms with Crippen LogP contribution in [0.5, 0.6) is 0 Å². The van der Waals surface area contributed by atoms with Crippen LogP contribution in [-0.4, -0.2) is 27.7 Å². The third kappa shape index (κ3) is 6.87. The molecule has 4 N–H and O–H groups in total. The zero-order valence-corrected chi connectivity index (χ0v) is 19.5. The molecule has 3 rings (SSSR count). The fraction of sp³-hybridized carbons (Fsp3) is 0.538. The molecule has 32 heavy (non-hydrogen) atoms. The van der Waals surface area contributed by atoms with Gasteiger partial charge in [-0.15, -0.1) is 0 Å². The van der Waals surface area contributed by atoms with Gasteiger partial charge in [0.05, 0.1) is 6.42 Å². The number of aliphatic carboxylic acids is 1. The van der Waals surface area contributed by atoms with Crippen LogP contribution >= 0.6 is 0 Å². The quantitative estimate of drug-likeness (QED) is 0.472. The number of carbonyl (C=O) groups is 1. The zero-order chi connectivity index (χ0) is 22.9. The Hall–Kier alpha value is -2.76. The average molecular weight is 439 g/mol. The standard InChI is InChI=1S/C26H38N4O2/c1-19-8-9-21(22(16-26(31)32)10-11-24(27)17-28-2)15-23(19)18-30-13-12-29-25(30)14-20-6-4-3-5-7-20/h8-9,12-13,15,17,20,22,28H,3-7,10-11,14,16,18,27H2,1-2H3,(H,31,32)/b24-17-. The van der Waals surface area contributed by atoms with Crippen LogP contribution in [0, 0.1) is 12.8 Å². The highest BCUT2D eigenvalue weighted by Crippen LogP contribution is 2.29. The first kappa shape index (κ1) is 23.9. The van der Waals surface area contributed by atoms with Crippen molar-refractivity contribution in [3.8, 4) is 0 Å². The molecule has 1 aliphatic rings. The summed E-state index contributed by atoms with van der Waals surface area (Å²) < 4.78 is 2.26. The number of nitrogens with zero attached hydrogens (tertiary/aromatic N) is 2. The predicted molar refractivity (Wildman–Crippen MR) is 128 cm³/mol. The molecule has 1 saturated carbocycles. The molecular formula is C26H38N4O2. The van der Waals surface area contributed by atoms with Crippen molar-refractivity contribution in [3.63, 3.8) is 0 Å². The van der Waals surface area contributed by atoms with Gasteiger partial charge in [-0.1, -0.05) is 50.3 Å². The number of aromatic nitrogens is 2. The topological polar surface area (TPSA) is 93.2 Å². The molecule has 1 heterocycles. The maximum Gasteiger partial charge on any atom is 0.303 e. The number of imidazole rings is 1. The highest BCUT2D eigenvalue weighted by Gasteiger charge is 2.19. The number of hydrogen-bond acceptors (Lipinski definition) is 4. The van der Waals surface area contributed by atoms with E-state index in [0.29, 0.717) is 12.8 Å². The van der Waals surface area contributed by atoms with Gasteiger partial charge in [-0.05, 0) is 48.3 Å². The largest absolute Gasteiger partial charge is 0.481 e. The Kier molecular flexibility index (Phi) is 8.77. The van der Waals surface area contributed by atoms with E-state index in [1.807, 2.05) is 13.2 Å². The Bertz CT molecular complexity index is 912. The minimum absolute atomic E-state index is 0.0693. The Labute approximate surface area is 191 Å². The Morgan fingerprint density at radius 3 is 2.84 bits per heavy atom. The number of nitrogens with one attached hydrogen (secondary N) is 1. The number of carboxylic acids is 1. The molecule has 1 aromatic carbocycles. The third-order valence-electron chi connectivity index (χ3n) is 6.72. The van der Waals surface area contributed by atoms with Crippen LogP contribution in [0.3, 0.4) is 0 Å². The molecular weight excluding hydrogens is 400 g/mol. The summed E-state index contributed by atoms with van der Waals surface area (Å²) in [6.45, 7) is 2.89. The van der Waals surface area contributed by atoms with E-state index < -0.39 is 5.97 Å². The van der Waals surface area contributed by atoms with Gasteiger partial charge in [-0.3, -0.25) is 4.79 Å². The predicted octanol–water partition coefficient (Wildman–Crippen LogP) is 4.72. The van der Waals surface area contributed by atoms with E-state index in [2.05, 4.69) is 46.2 Å². The second-order valence-corrected chi connectivity index (χ2v) is 9.21. The summed E-state index contributed by atoms with van der Waals surface area (Å²) in [7, 11) is 1.81. The van der Waals surface area contributed by atoms with Gasteiger partial charge in [0, 0.05) is 44.3 Å². The summed E-state index contributed by atoms with van der Waals surface area (Å²) in [6.07, 6.45) is 14.9. The maximum absolute atomic E-state index is 11.5. The molecule has 0 spiro atoms. The summed E-state index contributed by atoms with van der Waals surface area (Å²) >= 11 is 0. The fourth-order valence-electron chi connectivity index (χ4n) is 4.82. The summed E-state index contributed by atoms with van der Waals surface area (Å²) in [4.78, 5) is 16.2. The highest BCUT2D eigenvalue weighted by atomic mass is 16.4. The Morgan fingerprint density at radius 1 is 1.34 bits per heavy atom. The molecule has 1 aromatic heterocycles. The summed E-state index contributed by atoms with van der Waals surface area (Å²) in [5.41, 5.74) is 10.3. The molecule has 1 unspecified atom stereocenters. The first-order valence-electron chi connectivity index (χ1n) is 11.9. The lowest BCUT2D eigenvalue weighted by molar-refractivity contribution is -0.137. The molecule has 0 saturated heterocycles. The molecule has 1 fully saturated rings. The van der Waals surface area contributed by atoms with Crippen LogP contribution in [0.2, 0.25) is 0 Å². The summed E-state index contributed by atoms with van der Waals surface area (Å²) in [5.74, 6) is 1.06. The number of carboxylic acid groups (broad SMARTS) is 1. The Morgan fingerprint density at radius 2 is 2.12 bits per heavy atom. The monoisotopic (exact) mass is 438 g/mol. The third-order valence-corrected chi connectivity index (χ3v) is 6.72. The minimum Gasteiger partial charge on any atom is -0.481 e. The van der Waals surface area contributed by atoms with Crippen molar-refractivity contribution in [1.29, 1.82) is 0 Å². The highest BCUT2D eigenvalue weighted by molar-refractivity contribution is 5.68. The van der Waals surface area contributed by atoms with E-state index in [1.165, 1.54) is 43.2 Å². The van der Waals surface area contributed by atoms with E-state index in [0.717, 1.165) is 36.0 Å². The van der Waals surface area contributed by atoms with Crippen molar-refractivity contribution < 1.29 is 9.90 Å². The van der Waals surface area contributed by atoms with Crippen LogP contribution < -0.4 is 11.1 Å². The fourth-order valence-corrected chi connectivity index (χ4v) is 4.82. The van der Waals surface area contributed by atoms with E-state index >= 15 is 0 Å². The van der Waals surface area contributed by atoms with Crippen LogP contribution in [0.4, 0.5) is 0 Å². The molecule has 1 atom stereocenters. The van der Waals surface area contributed by atoms with Crippen molar-refractivity contribution in [3.05, 3.63) is 65.0 Å². The van der Waals surface area contributed by atoms with Gasteiger partial charge in [-0.25, -0.2) is 4.98 Å². The number of allylic oxidation sites excluding steroid dienone is 1. The lowest BCUT2D eigenvalue weighted by atomic mass is 9.87.